The summed E-state index contributed by atoms with van der Waals surface area (Å²) in [5, 5.41) is 2.94. The molecule has 4 heteroatoms. The van der Waals surface area contributed by atoms with Crippen molar-refractivity contribution in [2.75, 3.05) is 6.54 Å². The molecule has 2 rings (SSSR count). The van der Waals surface area contributed by atoms with Crippen LogP contribution in [0.15, 0.2) is 54.6 Å². The van der Waals surface area contributed by atoms with Crippen molar-refractivity contribution in [2.24, 2.45) is 5.73 Å². The normalized spacial score (nSPS) is 10.7. The molecule has 0 unspecified atom stereocenters. The van der Waals surface area contributed by atoms with Gasteiger partial charge in [-0.2, -0.15) is 0 Å². The van der Waals surface area contributed by atoms with Crippen molar-refractivity contribution in [3.05, 3.63) is 60.2 Å². The van der Waals surface area contributed by atoms with E-state index in [1.165, 1.54) is 5.56 Å². The zero-order valence-electron chi connectivity index (χ0n) is 13.0. The van der Waals surface area contributed by atoms with Gasteiger partial charge in [0.05, 0.1) is 6.42 Å². The standard InChI is InChI=1S/C18H22N2O.ClH/c1-18(2,13-19)20-17(21)12-14-8-10-16(11-9-14)15-6-4-3-5-7-15;/h3-11H,12-13,19H2,1-2H3,(H,20,21);1H. The average molecular weight is 319 g/mol. The van der Waals surface area contributed by atoms with Crippen molar-refractivity contribution < 1.29 is 4.79 Å². The molecule has 22 heavy (non-hydrogen) atoms. The summed E-state index contributed by atoms with van der Waals surface area (Å²) in [5.74, 6) is -0.00193. The van der Waals surface area contributed by atoms with Crippen LogP contribution in [-0.4, -0.2) is 18.0 Å². The summed E-state index contributed by atoms with van der Waals surface area (Å²) in [4.78, 5) is 12.0. The van der Waals surface area contributed by atoms with E-state index in [1.54, 1.807) is 0 Å². The smallest absolute Gasteiger partial charge is 0.224 e. The highest BCUT2D eigenvalue weighted by molar-refractivity contribution is 5.85. The minimum Gasteiger partial charge on any atom is -0.350 e. The van der Waals surface area contributed by atoms with Crippen LogP contribution in [0.4, 0.5) is 0 Å². The average Bonchev–Trinajstić information content (AvgIpc) is 2.48. The quantitative estimate of drug-likeness (QED) is 0.889. The Kier molecular flexibility index (Phi) is 6.60. The van der Waals surface area contributed by atoms with Gasteiger partial charge in [0.2, 0.25) is 5.91 Å². The minimum atomic E-state index is -0.360. The third kappa shape index (κ3) is 5.17. The summed E-state index contributed by atoms with van der Waals surface area (Å²) in [5.41, 5.74) is 8.59. The summed E-state index contributed by atoms with van der Waals surface area (Å²) in [6.45, 7) is 4.26. The number of halogens is 1. The lowest BCUT2D eigenvalue weighted by Crippen LogP contribution is -2.49. The fourth-order valence-electron chi connectivity index (χ4n) is 2.10. The van der Waals surface area contributed by atoms with Crippen molar-refractivity contribution >= 4 is 18.3 Å². The zero-order valence-corrected chi connectivity index (χ0v) is 13.8. The van der Waals surface area contributed by atoms with E-state index < -0.39 is 0 Å². The van der Waals surface area contributed by atoms with Crippen molar-refractivity contribution in [2.45, 2.75) is 25.8 Å². The molecule has 0 saturated heterocycles. The molecular weight excluding hydrogens is 296 g/mol. The molecule has 0 atom stereocenters. The number of carbonyl (C=O) groups is 1. The first-order valence-corrected chi connectivity index (χ1v) is 7.16. The maximum absolute atomic E-state index is 12.0. The predicted octanol–water partition coefficient (Wildman–Crippen LogP) is 3.17. The van der Waals surface area contributed by atoms with Crippen LogP contribution in [0, 0.1) is 0 Å². The van der Waals surface area contributed by atoms with Crippen LogP contribution in [0.1, 0.15) is 19.4 Å². The highest BCUT2D eigenvalue weighted by Gasteiger charge is 2.18. The number of rotatable bonds is 5. The first-order valence-electron chi connectivity index (χ1n) is 7.16. The van der Waals surface area contributed by atoms with Gasteiger partial charge >= 0.3 is 0 Å². The van der Waals surface area contributed by atoms with Crippen LogP contribution in [0.5, 0.6) is 0 Å². The van der Waals surface area contributed by atoms with Gasteiger partial charge in [0.1, 0.15) is 0 Å². The fourth-order valence-corrected chi connectivity index (χ4v) is 2.10. The van der Waals surface area contributed by atoms with E-state index >= 15 is 0 Å². The summed E-state index contributed by atoms with van der Waals surface area (Å²) in [7, 11) is 0. The Hall–Kier alpha value is -1.84. The van der Waals surface area contributed by atoms with Gasteiger partial charge in [0, 0.05) is 12.1 Å². The molecule has 0 aliphatic heterocycles. The Morgan fingerprint density at radius 3 is 2.09 bits per heavy atom. The van der Waals surface area contributed by atoms with Gasteiger partial charge in [0.25, 0.3) is 0 Å². The first kappa shape index (κ1) is 18.2. The molecule has 0 bridgehead atoms. The second-order valence-electron chi connectivity index (χ2n) is 5.88. The number of nitrogens with two attached hydrogens (primary N) is 1. The second-order valence-corrected chi connectivity index (χ2v) is 5.88. The number of nitrogens with one attached hydrogen (secondary N) is 1. The highest BCUT2D eigenvalue weighted by Crippen LogP contribution is 2.19. The molecule has 0 aliphatic carbocycles. The third-order valence-electron chi connectivity index (χ3n) is 3.41. The lowest BCUT2D eigenvalue weighted by atomic mass is 10.0. The molecule has 0 saturated carbocycles. The summed E-state index contributed by atoms with van der Waals surface area (Å²) < 4.78 is 0. The number of hydrogen-bond acceptors (Lipinski definition) is 2. The molecule has 0 aromatic heterocycles. The van der Waals surface area contributed by atoms with Gasteiger partial charge in [-0.05, 0) is 30.5 Å². The van der Waals surface area contributed by atoms with E-state index in [1.807, 2.05) is 56.3 Å². The molecule has 3 nitrogen and oxygen atoms in total. The van der Waals surface area contributed by atoms with Crippen molar-refractivity contribution in [3.63, 3.8) is 0 Å². The SMILES string of the molecule is CC(C)(CN)NC(=O)Cc1ccc(-c2ccccc2)cc1.Cl. The number of benzene rings is 2. The van der Waals surface area contributed by atoms with Crippen LogP contribution in [0.25, 0.3) is 11.1 Å². The Morgan fingerprint density at radius 2 is 1.55 bits per heavy atom. The number of amides is 1. The monoisotopic (exact) mass is 318 g/mol. The number of carbonyl (C=O) groups excluding carboxylic acids is 1. The maximum atomic E-state index is 12.0. The fraction of sp³-hybridized carbons (Fsp3) is 0.278. The maximum Gasteiger partial charge on any atom is 0.224 e. The molecule has 0 aliphatic rings. The van der Waals surface area contributed by atoms with Crippen molar-refractivity contribution in [1.82, 2.24) is 5.32 Å². The van der Waals surface area contributed by atoms with E-state index in [9.17, 15) is 4.79 Å². The van der Waals surface area contributed by atoms with Crippen molar-refractivity contribution in [1.29, 1.82) is 0 Å². The lowest BCUT2D eigenvalue weighted by molar-refractivity contribution is -0.121. The summed E-state index contributed by atoms with van der Waals surface area (Å²) in [6, 6.07) is 18.3. The molecule has 2 aromatic rings. The highest BCUT2D eigenvalue weighted by atomic mass is 35.5. The Morgan fingerprint density at radius 1 is 1.00 bits per heavy atom. The molecule has 0 spiro atoms. The third-order valence-corrected chi connectivity index (χ3v) is 3.41. The molecule has 0 radical (unpaired) electrons. The van der Waals surface area contributed by atoms with Crippen LogP contribution in [0.2, 0.25) is 0 Å². The molecular formula is C18H23ClN2O. The van der Waals surface area contributed by atoms with Crippen LogP contribution in [0.3, 0.4) is 0 Å². The van der Waals surface area contributed by atoms with Gasteiger partial charge in [-0.3, -0.25) is 4.79 Å². The van der Waals surface area contributed by atoms with E-state index in [4.69, 9.17) is 5.73 Å². The number of hydrogen-bond donors (Lipinski definition) is 2. The van der Waals surface area contributed by atoms with Gasteiger partial charge < -0.3 is 11.1 Å². The summed E-state index contributed by atoms with van der Waals surface area (Å²) >= 11 is 0. The molecule has 3 N–H and O–H groups in total. The van der Waals surface area contributed by atoms with E-state index in [0.717, 1.165) is 11.1 Å². The first-order chi connectivity index (χ1) is 10.00. The van der Waals surface area contributed by atoms with Gasteiger partial charge in [-0.15, -0.1) is 12.4 Å². The van der Waals surface area contributed by atoms with Crippen LogP contribution >= 0.6 is 12.4 Å². The Balaban J connectivity index is 0.00000242. The molecule has 0 heterocycles. The topological polar surface area (TPSA) is 55.1 Å². The predicted molar refractivity (Wildman–Crippen MR) is 94.1 cm³/mol. The summed E-state index contributed by atoms with van der Waals surface area (Å²) in [6.07, 6.45) is 0.374. The minimum absolute atomic E-state index is 0. The van der Waals surface area contributed by atoms with Gasteiger partial charge in [0.15, 0.2) is 0 Å². The van der Waals surface area contributed by atoms with E-state index in [0.29, 0.717) is 13.0 Å². The van der Waals surface area contributed by atoms with Crippen LogP contribution < -0.4 is 11.1 Å². The Labute approximate surface area is 138 Å². The largest absolute Gasteiger partial charge is 0.350 e. The molecule has 1 amide bonds. The van der Waals surface area contributed by atoms with Gasteiger partial charge in [-0.1, -0.05) is 54.6 Å². The Bertz CT molecular complexity index is 594. The molecule has 0 fully saturated rings. The van der Waals surface area contributed by atoms with Crippen molar-refractivity contribution in [3.8, 4) is 11.1 Å². The van der Waals surface area contributed by atoms with E-state index in [-0.39, 0.29) is 23.9 Å². The van der Waals surface area contributed by atoms with Crippen LogP contribution in [-0.2, 0) is 11.2 Å². The van der Waals surface area contributed by atoms with Gasteiger partial charge in [-0.25, -0.2) is 0 Å². The molecule has 2 aromatic carbocycles. The lowest BCUT2D eigenvalue weighted by Gasteiger charge is -2.24. The molecule has 118 valence electrons. The van der Waals surface area contributed by atoms with E-state index in [2.05, 4.69) is 17.4 Å². The second kappa shape index (κ2) is 7.97. The zero-order chi connectivity index (χ0) is 15.3.